The Kier molecular flexibility index (Phi) is 5.46. The molecule has 0 aliphatic rings. The molecule has 0 saturated heterocycles. The molecule has 2 aromatic rings. The summed E-state index contributed by atoms with van der Waals surface area (Å²) in [6, 6.07) is 11.7. The molecule has 0 radical (unpaired) electrons. The minimum atomic E-state index is -0.405. The number of primary amides is 1. The topological polar surface area (TPSA) is 71.8 Å². The van der Waals surface area contributed by atoms with Crippen LogP contribution in [0, 0.1) is 24.2 Å². The van der Waals surface area contributed by atoms with Crippen LogP contribution >= 0.6 is 0 Å². The van der Waals surface area contributed by atoms with E-state index >= 15 is 0 Å². The molecule has 0 fully saturated rings. The quantitative estimate of drug-likeness (QED) is 0.854. The zero-order valence-electron chi connectivity index (χ0n) is 14.8. The Labute approximate surface area is 143 Å². The number of aromatic nitrogens is 1. The van der Waals surface area contributed by atoms with E-state index < -0.39 is 5.91 Å². The summed E-state index contributed by atoms with van der Waals surface area (Å²) in [6.45, 7) is 8.55. The lowest BCUT2D eigenvalue weighted by molar-refractivity contribution is 0.0999. The zero-order valence-corrected chi connectivity index (χ0v) is 14.8. The lowest BCUT2D eigenvalue weighted by Crippen LogP contribution is -2.14. The largest absolute Gasteiger partial charge is 0.366 e. The van der Waals surface area contributed by atoms with Crippen molar-refractivity contribution in [3.63, 3.8) is 0 Å². The van der Waals surface area contributed by atoms with E-state index in [-0.39, 0.29) is 6.04 Å². The number of carbonyl (C=O) groups is 1. The van der Waals surface area contributed by atoms with Gasteiger partial charge < -0.3 is 10.3 Å². The van der Waals surface area contributed by atoms with Gasteiger partial charge in [0, 0.05) is 17.4 Å². The van der Waals surface area contributed by atoms with Crippen LogP contribution in [0.25, 0.3) is 11.3 Å². The smallest absolute Gasteiger partial charge is 0.250 e. The van der Waals surface area contributed by atoms with Gasteiger partial charge in [-0.2, -0.15) is 5.26 Å². The Balaban J connectivity index is 2.50. The lowest BCUT2D eigenvalue weighted by Gasteiger charge is -2.21. The standard InChI is InChI=1S/C20H25N3O/c1-13(2)5-6-14(3)23-15(4)18(20(22)24)11-19(23)17-9-7-16(12-21)8-10-17/h7-11,13-14H,5-6H2,1-4H3,(H2,22,24). The van der Waals surface area contributed by atoms with Crippen LogP contribution in [-0.4, -0.2) is 10.5 Å². The SMILES string of the molecule is Cc1c(C(N)=O)cc(-c2ccc(C#N)cc2)n1C(C)CCC(C)C. The van der Waals surface area contributed by atoms with Gasteiger partial charge in [0.1, 0.15) is 0 Å². The average Bonchev–Trinajstić information content (AvgIpc) is 2.90. The first kappa shape index (κ1) is 17.8. The molecule has 2 N–H and O–H groups in total. The van der Waals surface area contributed by atoms with Crippen molar-refractivity contribution in [3.8, 4) is 17.3 Å². The molecule has 1 aromatic carbocycles. The summed E-state index contributed by atoms with van der Waals surface area (Å²) in [5, 5.41) is 8.97. The molecule has 126 valence electrons. The summed E-state index contributed by atoms with van der Waals surface area (Å²) in [5.74, 6) is 0.231. The Morgan fingerprint density at radius 3 is 2.33 bits per heavy atom. The van der Waals surface area contributed by atoms with Gasteiger partial charge in [0.15, 0.2) is 0 Å². The van der Waals surface area contributed by atoms with Crippen LogP contribution in [0.2, 0.25) is 0 Å². The molecule has 4 nitrogen and oxygen atoms in total. The number of rotatable bonds is 6. The maximum atomic E-state index is 11.8. The fourth-order valence-corrected chi connectivity index (χ4v) is 3.08. The molecule has 1 amide bonds. The number of nitrogens with zero attached hydrogens (tertiary/aromatic N) is 2. The van der Waals surface area contributed by atoms with Gasteiger partial charge in [-0.1, -0.05) is 26.0 Å². The normalized spacial score (nSPS) is 12.2. The first-order valence-corrected chi connectivity index (χ1v) is 8.37. The van der Waals surface area contributed by atoms with Gasteiger partial charge in [0.25, 0.3) is 5.91 Å². The van der Waals surface area contributed by atoms with E-state index in [4.69, 9.17) is 11.0 Å². The monoisotopic (exact) mass is 323 g/mol. The zero-order chi connectivity index (χ0) is 17.9. The second kappa shape index (κ2) is 7.35. The van der Waals surface area contributed by atoms with Gasteiger partial charge in [-0.05, 0) is 56.4 Å². The molecule has 0 saturated carbocycles. The minimum Gasteiger partial charge on any atom is -0.366 e. The molecule has 1 unspecified atom stereocenters. The van der Waals surface area contributed by atoms with Gasteiger partial charge in [-0.3, -0.25) is 4.79 Å². The maximum Gasteiger partial charge on any atom is 0.250 e. The third-order valence-electron chi connectivity index (χ3n) is 4.47. The van der Waals surface area contributed by atoms with Crippen molar-refractivity contribution in [1.82, 2.24) is 4.57 Å². The molecule has 1 aromatic heterocycles. The van der Waals surface area contributed by atoms with Crippen molar-refractivity contribution in [3.05, 3.63) is 47.2 Å². The second-order valence-electron chi connectivity index (χ2n) is 6.77. The number of nitriles is 1. The molecule has 1 atom stereocenters. The van der Waals surface area contributed by atoms with Crippen LogP contribution in [0.5, 0.6) is 0 Å². The lowest BCUT2D eigenvalue weighted by atomic mass is 10.0. The first-order valence-electron chi connectivity index (χ1n) is 8.37. The summed E-state index contributed by atoms with van der Waals surface area (Å²) in [6.07, 6.45) is 2.16. The molecule has 4 heteroatoms. The van der Waals surface area contributed by atoms with Crippen LogP contribution in [0.15, 0.2) is 30.3 Å². The summed E-state index contributed by atoms with van der Waals surface area (Å²) in [5.41, 5.74) is 9.59. The highest BCUT2D eigenvalue weighted by atomic mass is 16.1. The van der Waals surface area contributed by atoms with Gasteiger partial charge in [0.05, 0.1) is 17.2 Å². The number of amides is 1. The Hall–Kier alpha value is -2.54. The third-order valence-corrected chi connectivity index (χ3v) is 4.47. The highest BCUT2D eigenvalue weighted by molar-refractivity contribution is 5.95. The summed E-state index contributed by atoms with van der Waals surface area (Å²) in [7, 11) is 0. The number of benzene rings is 1. The van der Waals surface area contributed by atoms with Crippen LogP contribution in [-0.2, 0) is 0 Å². The number of hydrogen-bond acceptors (Lipinski definition) is 2. The second-order valence-corrected chi connectivity index (χ2v) is 6.77. The number of carbonyl (C=O) groups excluding carboxylic acids is 1. The van der Waals surface area contributed by atoms with Crippen molar-refractivity contribution in [2.24, 2.45) is 11.7 Å². The van der Waals surface area contributed by atoms with Crippen molar-refractivity contribution in [2.45, 2.75) is 46.6 Å². The van der Waals surface area contributed by atoms with Gasteiger partial charge in [-0.15, -0.1) is 0 Å². The molecule has 0 spiro atoms. The van der Waals surface area contributed by atoms with Crippen molar-refractivity contribution >= 4 is 5.91 Å². The fraction of sp³-hybridized carbons (Fsp3) is 0.400. The van der Waals surface area contributed by atoms with Crippen LogP contribution in [0.4, 0.5) is 0 Å². The Morgan fingerprint density at radius 2 is 1.83 bits per heavy atom. The van der Waals surface area contributed by atoms with Gasteiger partial charge in [0.2, 0.25) is 0 Å². The van der Waals surface area contributed by atoms with Crippen molar-refractivity contribution in [1.29, 1.82) is 5.26 Å². The van der Waals surface area contributed by atoms with Crippen LogP contribution < -0.4 is 5.73 Å². The van der Waals surface area contributed by atoms with Gasteiger partial charge >= 0.3 is 0 Å². The van der Waals surface area contributed by atoms with E-state index in [1.54, 1.807) is 12.1 Å². The summed E-state index contributed by atoms with van der Waals surface area (Å²) >= 11 is 0. The fourth-order valence-electron chi connectivity index (χ4n) is 3.08. The molecule has 0 bridgehead atoms. The Bertz CT molecular complexity index is 763. The highest BCUT2D eigenvalue weighted by Gasteiger charge is 2.20. The number of nitrogens with two attached hydrogens (primary N) is 1. The molecule has 0 aliphatic carbocycles. The van der Waals surface area contributed by atoms with E-state index in [0.29, 0.717) is 17.0 Å². The Morgan fingerprint density at radius 1 is 1.21 bits per heavy atom. The minimum absolute atomic E-state index is 0.270. The predicted molar refractivity (Wildman–Crippen MR) is 96.6 cm³/mol. The first-order chi connectivity index (χ1) is 11.3. The summed E-state index contributed by atoms with van der Waals surface area (Å²) < 4.78 is 2.20. The van der Waals surface area contributed by atoms with Crippen molar-refractivity contribution < 1.29 is 4.79 Å². The van der Waals surface area contributed by atoms with Crippen molar-refractivity contribution in [2.75, 3.05) is 0 Å². The summed E-state index contributed by atoms with van der Waals surface area (Å²) in [4.78, 5) is 11.8. The number of hydrogen-bond donors (Lipinski definition) is 1. The molecule has 2 rings (SSSR count). The van der Waals surface area contributed by atoms with Crippen LogP contribution in [0.1, 0.15) is 61.3 Å². The van der Waals surface area contributed by atoms with Crippen LogP contribution in [0.3, 0.4) is 0 Å². The highest BCUT2D eigenvalue weighted by Crippen LogP contribution is 2.31. The maximum absolute atomic E-state index is 11.8. The third kappa shape index (κ3) is 3.68. The van der Waals surface area contributed by atoms with Gasteiger partial charge in [-0.25, -0.2) is 0 Å². The molecule has 1 heterocycles. The predicted octanol–water partition coefficient (Wildman–Crippen LogP) is 4.43. The van der Waals surface area contributed by atoms with E-state index in [1.807, 2.05) is 25.1 Å². The van der Waals surface area contributed by atoms with E-state index in [1.165, 1.54) is 0 Å². The van der Waals surface area contributed by atoms with E-state index in [0.717, 1.165) is 29.8 Å². The average molecular weight is 323 g/mol. The van der Waals surface area contributed by atoms with E-state index in [9.17, 15) is 4.79 Å². The van der Waals surface area contributed by atoms with E-state index in [2.05, 4.69) is 31.4 Å². The molecule has 0 aliphatic heterocycles. The molecular formula is C20H25N3O. The molecule has 24 heavy (non-hydrogen) atoms. The molecular weight excluding hydrogens is 298 g/mol.